The van der Waals surface area contributed by atoms with Crippen molar-refractivity contribution in [3.8, 4) is 0 Å². The Morgan fingerprint density at radius 1 is 1.05 bits per heavy atom. The number of benzene rings is 1. The van der Waals surface area contributed by atoms with Crippen molar-refractivity contribution >= 4 is 0 Å². The fourth-order valence-corrected chi connectivity index (χ4v) is 3.16. The van der Waals surface area contributed by atoms with Crippen LogP contribution < -0.4 is 0 Å². The van der Waals surface area contributed by atoms with Crippen molar-refractivity contribution in [1.82, 2.24) is 0 Å². The van der Waals surface area contributed by atoms with Crippen molar-refractivity contribution in [2.24, 2.45) is 0 Å². The molecule has 0 bridgehead atoms. The lowest BCUT2D eigenvalue weighted by molar-refractivity contribution is -1.15. The smallest absolute Gasteiger partial charge is 0.159 e. The van der Waals surface area contributed by atoms with Gasteiger partial charge >= 0.3 is 0 Å². The van der Waals surface area contributed by atoms with Gasteiger partial charge in [-0.25, -0.2) is 4.84 Å². The molecule has 0 aromatic heterocycles. The quantitative estimate of drug-likeness (QED) is 0.727. The summed E-state index contributed by atoms with van der Waals surface area (Å²) in [5, 5.41) is 0. The van der Waals surface area contributed by atoms with E-state index in [1.807, 2.05) is 7.11 Å². The zero-order valence-corrected chi connectivity index (χ0v) is 13.3. The van der Waals surface area contributed by atoms with Crippen LogP contribution in [0.4, 0.5) is 0 Å². The minimum Gasteiger partial charge on any atom is -0.317 e. The van der Waals surface area contributed by atoms with E-state index in [9.17, 15) is 0 Å². The van der Waals surface area contributed by atoms with E-state index in [0.29, 0.717) is 0 Å². The van der Waals surface area contributed by atoms with Crippen LogP contribution in [0.25, 0.3) is 0 Å². The first-order chi connectivity index (χ1) is 9.61. The van der Waals surface area contributed by atoms with Crippen molar-refractivity contribution in [3.63, 3.8) is 0 Å². The molecule has 0 radical (unpaired) electrons. The first-order valence-corrected chi connectivity index (χ1v) is 7.91. The molecule has 0 amide bonds. The number of piperazine rings is 1. The molecule has 1 saturated heterocycles. The van der Waals surface area contributed by atoms with Crippen molar-refractivity contribution in [2.75, 3.05) is 46.9 Å². The molecule has 1 heterocycles. The first-order valence-electron chi connectivity index (χ1n) is 7.91. The Morgan fingerprint density at radius 3 is 2.25 bits per heavy atom. The second-order valence-electron chi connectivity index (χ2n) is 6.48. The van der Waals surface area contributed by atoms with E-state index in [1.54, 1.807) is 0 Å². The molecule has 3 nitrogen and oxygen atoms in total. The number of nitrogens with zero attached hydrogens (tertiary/aromatic N) is 2. The minimum atomic E-state index is 0.782. The minimum absolute atomic E-state index is 0.782. The van der Waals surface area contributed by atoms with E-state index in [4.69, 9.17) is 4.84 Å². The lowest BCUT2D eigenvalue weighted by Gasteiger charge is -2.45. The van der Waals surface area contributed by atoms with Crippen molar-refractivity contribution in [1.29, 1.82) is 0 Å². The van der Waals surface area contributed by atoms with Gasteiger partial charge in [-0.15, -0.1) is 0 Å². The number of unbranched alkanes of at least 4 members (excludes halogenated alkanes) is 1. The van der Waals surface area contributed by atoms with Gasteiger partial charge in [0.2, 0.25) is 0 Å². The highest BCUT2D eigenvalue weighted by Gasteiger charge is 2.40. The predicted molar refractivity (Wildman–Crippen MR) is 82.8 cm³/mol. The molecule has 2 rings (SSSR count). The molecule has 0 N–H and O–H groups in total. The first kappa shape index (κ1) is 15.5. The highest BCUT2D eigenvalue weighted by atomic mass is 16.7. The second kappa shape index (κ2) is 6.70. The molecule has 0 spiro atoms. The van der Waals surface area contributed by atoms with Crippen LogP contribution in [0, 0.1) is 0 Å². The third-order valence-corrected chi connectivity index (χ3v) is 4.85. The van der Waals surface area contributed by atoms with Crippen LogP contribution in [-0.2, 0) is 11.4 Å². The molecule has 1 aromatic carbocycles. The molecule has 0 aliphatic carbocycles. The van der Waals surface area contributed by atoms with Crippen molar-refractivity contribution in [3.05, 3.63) is 35.9 Å². The summed E-state index contributed by atoms with van der Waals surface area (Å²) in [6.07, 6.45) is 2.63. The summed E-state index contributed by atoms with van der Waals surface area (Å²) < 4.78 is 2.00. The van der Waals surface area contributed by atoms with E-state index in [2.05, 4.69) is 44.3 Å². The maximum absolute atomic E-state index is 5.91. The molecule has 0 unspecified atom stereocenters. The van der Waals surface area contributed by atoms with Crippen LogP contribution in [-0.4, -0.2) is 56.0 Å². The van der Waals surface area contributed by atoms with Crippen molar-refractivity contribution in [2.45, 2.75) is 26.3 Å². The van der Waals surface area contributed by atoms with E-state index in [0.717, 1.165) is 24.3 Å². The van der Waals surface area contributed by atoms with E-state index < -0.39 is 0 Å². The maximum Gasteiger partial charge on any atom is 0.159 e. The molecular formula is C17H30N2O+2. The normalized spacial score (nSPS) is 30.4. The summed E-state index contributed by atoms with van der Waals surface area (Å²) in [5.74, 6) is 0. The van der Waals surface area contributed by atoms with Crippen LogP contribution >= 0.6 is 0 Å². The Kier molecular flexibility index (Phi) is 5.19. The van der Waals surface area contributed by atoms with Crippen LogP contribution in [0.15, 0.2) is 30.3 Å². The molecule has 1 aliphatic rings. The van der Waals surface area contributed by atoms with Gasteiger partial charge in [-0.1, -0.05) is 43.7 Å². The average molecular weight is 278 g/mol. The summed E-state index contributed by atoms with van der Waals surface area (Å²) in [4.78, 5) is 5.91. The van der Waals surface area contributed by atoms with E-state index >= 15 is 0 Å². The van der Waals surface area contributed by atoms with Crippen LogP contribution in [0.5, 0.6) is 0 Å². The van der Waals surface area contributed by atoms with Gasteiger partial charge in [0.1, 0.15) is 19.6 Å². The average Bonchev–Trinajstić information content (AvgIpc) is 2.49. The molecule has 112 valence electrons. The number of hydrogen-bond acceptors (Lipinski definition) is 1. The standard InChI is InChI=1S/C17H30N2O/c1-4-5-11-18(2)12-14-19(20-3,15-13-18)16-17-9-7-6-8-10-17/h6-10H,4-5,11-16H2,1-3H3/q+2. The number of hydroxylamine groups is 3. The molecule has 0 atom stereocenters. The number of likely N-dealkylation sites (N-methyl/N-ethyl adjacent to an activating group) is 1. The number of rotatable bonds is 6. The van der Waals surface area contributed by atoms with Gasteiger partial charge in [0.25, 0.3) is 0 Å². The topological polar surface area (TPSA) is 9.23 Å². The Balaban J connectivity index is 1.97. The lowest BCUT2D eigenvalue weighted by Crippen LogP contribution is -2.64. The third-order valence-electron chi connectivity index (χ3n) is 4.85. The van der Waals surface area contributed by atoms with Gasteiger partial charge in [0.15, 0.2) is 13.1 Å². The highest BCUT2D eigenvalue weighted by molar-refractivity contribution is 5.13. The fourth-order valence-electron chi connectivity index (χ4n) is 3.16. The van der Waals surface area contributed by atoms with Crippen molar-refractivity contribution < 1.29 is 14.0 Å². The Bertz CT molecular complexity index is 397. The van der Waals surface area contributed by atoms with Gasteiger partial charge in [0, 0.05) is 5.56 Å². The Morgan fingerprint density at radius 2 is 1.70 bits per heavy atom. The molecule has 1 fully saturated rings. The molecule has 1 aliphatic heterocycles. The zero-order valence-electron chi connectivity index (χ0n) is 13.3. The molecule has 1 aromatic rings. The van der Waals surface area contributed by atoms with Gasteiger partial charge in [-0.05, 0) is 6.42 Å². The van der Waals surface area contributed by atoms with Gasteiger partial charge in [-0.2, -0.15) is 4.65 Å². The SMILES string of the molecule is CCCC[N+]1(C)CC[N+](Cc2ccccc2)(OC)CC1. The predicted octanol–water partition coefficient (Wildman–Crippen LogP) is 2.83. The summed E-state index contributed by atoms with van der Waals surface area (Å²) in [5.41, 5.74) is 1.37. The molecular weight excluding hydrogens is 248 g/mol. The van der Waals surface area contributed by atoms with Gasteiger partial charge in [-0.3, -0.25) is 0 Å². The Labute approximate surface area is 123 Å². The van der Waals surface area contributed by atoms with Crippen LogP contribution in [0.2, 0.25) is 0 Å². The molecule has 20 heavy (non-hydrogen) atoms. The summed E-state index contributed by atoms with van der Waals surface area (Å²) >= 11 is 0. The van der Waals surface area contributed by atoms with Crippen LogP contribution in [0.3, 0.4) is 0 Å². The third kappa shape index (κ3) is 3.81. The molecule has 0 saturated carbocycles. The largest absolute Gasteiger partial charge is 0.317 e. The summed E-state index contributed by atoms with van der Waals surface area (Å²) in [7, 11) is 4.27. The van der Waals surface area contributed by atoms with E-state index in [1.165, 1.54) is 42.5 Å². The monoisotopic (exact) mass is 278 g/mol. The molecule has 3 heteroatoms. The maximum atomic E-state index is 5.91. The number of quaternary nitrogens is 2. The summed E-state index contributed by atoms with van der Waals surface area (Å²) in [6, 6.07) is 10.7. The van der Waals surface area contributed by atoms with Crippen LogP contribution in [0.1, 0.15) is 25.3 Å². The van der Waals surface area contributed by atoms with Gasteiger partial charge in [0.05, 0.1) is 20.7 Å². The second-order valence-corrected chi connectivity index (χ2v) is 6.48. The number of hydrogen-bond donors (Lipinski definition) is 0. The van der Waals surface area contributed by atoms with E-state index in [-0.39, 0.29) is 0 Å². The lowest BCUT2D eigenvalue weighted by atomic mass is 10.1. The fraction of sp³-hybridized carbons (Fsp3) is 0.647. The zero-order chi connectivity index (χ0) is 14.5. The Hall–Kier alpha value is -0.900. The highest BCUT2D eigenvalue weighted by Crippen LogP contribution is 2.22. The summed E-state index contributed by atoms with van der Waals surface area (Å²) in [6.45, 7) is 9.26. The van der Waals surface area contributed by atoms with Gasteiger partial charge < -0.3 is 4.48 Å².